The first-order chi connectivity index (χ1) is 7.35. The number of thiocarbonyl (C=S) groups is 1. The molecule has 1 nitrogen and oxygen atoms in total. The monoisotopic (exact) mass is 211 g/mol. The second kappa shape index (κ2) is 4.20. The maximum absolute atomic E-state index is 5.29. The molecular weight excluding hydrogens is 202 g/mol. The van der Waals surface area contributed by atoms with Gasteiger partial charge in [0.05, 0.1) is 17.6 Å². The Balaban J connectivity index is 2.70. The molecule has 0 unspecified atom stereocenters. The average molecular weight is 211 g/mol. The van der Waals surface area contributed by atoms with E-state index in [9.17, 15) is 0 Å². The third kappa shape index (κ3) is 1.88. The molecule has 0 bridgehead atoms. The number of fused-ring (bicyclic) bond motifs is 1. The van der Waals surface area contributed by atoms with E-state index < -0.39 is 0 Å². The largest absolute Gasteiger partial charge is 0.251 e. The molecule has 2 rings (SSSR count). The van der Waals surface area contributed by atoms with Crippen LogP contribution in [0, 0.1) is 12.3 Å². The molecule has 0 N–H and O–H groups in total. The minimum Gasteiger partial charge on any atom is -0.251 e. The molecule has 1 heterocycles. The average Bonchev–Trinajstić information content (AvgIpc) is 2.28. The molecule has 72 valence electrons. The van der Waals surface area contributed by atoms with Crippen LogP contribution < -0.4 is 0 Å². The Morgan fingerprint density at radius 2 is 2.20 bits per heavy atom. The number of benzene rings is 1. The summed E-state index contributed by atoms with van der Waals surface area (Å²) in [7, 11) is 0. The normalized spacial score (nSPS) is 9.80. The van der Waals surface area contributed by atoms with Gasteiger partial charge in [0, 0.05) is 16.3 Å². The minimum atomic E-state index is 0.521. The summed E-state index contributed by atoms with van der Waals surface area (Å²) in [5.41, 5.74) is 2.79. The quantitative estimate of drug-likeness (QED) is 0.559. The Kier molecular flexibility index (Phi) is 2.75. The summed E-state index contributed by atoms with van der Waals surface area (Å²) in [6.07, 6.45) is 5.81. The third-order valence-corrected chi connectivity index (χ3v) is 2.49. The zero-order valence-corrected chi connectivity index (χ0v) is 8.92. The van der Waals surface area contributed by atoms with Crippen molar-refractivity contribution in [3.8, 4) is 12.3 Å². The topological polar surface area (TPSA) is 12.9 Å². The third-order valence-electron chi connectivity index (χ3n) is 2.23. The van der Waals surface area contributed by atoms with Crippen LogP contribution in [0.1, 0.15) is 11.3 Å². The van der Waals surface area contributed by atoms with Gasteiger partial charge in [-0.05, 0) is 12.1 Å². The number of hydrogen-bond acceptors (Lipinski definition) is 2. The molecule has 0 aliphatic rings. The lowest BCUT2D eigenvalue weighted by atomic mass is 10.1. The Bertz CT molecular complexity index is 552. The zero-order chi connectivity index (χ0) is 10.7. The first-order valence-corrected chi connectivity index (χ1v) is 5.09. The highest BCUT2D eigenvalue weighted by atomic mass is 32.1. The van der Waals surface area contributed by atoms with Crippen molar-refractivity contribution < 1.29 is 0 Å². The van der Waals surface area contributed by atoms with E-state index in [1.165, 1.54) is 0 Å². The van der Waals surface area contributed by atoms with Crippen molar-refractivity contribution >= 4 is 28.5 Å². The maximum Gasteiger partial charge on any atom is 0.0706 e. The molecule has 0 saturated heterocycles. The summed E-state index contributed by atoms with van der Waals surface area (Å²) in [4.78, 5) is 4.50. The summed E-state index contributed by atoms with van der Waals surface area (Å²) < 4.78 is 0. The fourth-order valence-corrected chi connectivity index (χ4v) is 1.72. The van der Waals surface area contributed by atoms with Crippen LogP contribution >= 0.6 is 12.2 Å². The van der Waals surface area contributed by atoms with Gasteiger partial charge in [-0.15, -0.1) is 12.3 Å². The fourth-order valence-electron chi connectivity index (χ4n) is 1.51. The first kappa shape index (κ1) is 9.82. The fraction of sp³-hybridized carbons (Fsp3) is 0.0769. The second-order valence-corrected chi connectivity index (χ2v) is 3.45. The van der Waals surface area contributed by atoms with Crippen LogP contribution in [0.25, 0.3) is 10.9 Å². The van der Waals surface area contributed by atoms with E-state index in [-0.39, 0.29) is 0 Å². The highest BCUT2D eigenvalue weighted by molar-refractivity contribution is 7.79. The highest BCUT2D eigenvalue weighted by Gasteiger charge is 2.02. The van der Waals surface area contributed by atoms with Crippen molar-refractivity contribution in [2.75, 3.05) is 0 Å². The van der Waals surface area contributed by atoms with Crippen molar-refractivity contribution in [1.82, 2.24) is 4.98 Å². The molecule has 2 heteroatoms. The molecule has 0 saturated carbocycles. The Labute approximate surface area is 94.2 Å². The number of para-hydroxylation sites is 1. The van der Waals surface area contributed by atoms with Gasteiger partial charge >= 0.3 is 0 Å². The van der Waals surface area contributed by atoms with E-state index in [1.54, 1.807) is 5.37 Å². The minimum absolute atomic E-state index is 0.521. The summed E-state index contributed by atoms with van der Waals surface area (Å²) in [5.74, 6) is 2.59. The van der Waals surface area contributed by atoms with E-state index in [2.05, 4.69) is 10.9 Å². The van der Waals surface area contributed by atoms with Crippen LogP contribution in [-0.4, -0.2) is 10.4 Å². The van der Waals surface area contributed by atoms with Gasteiger partial charge in [-0.25, -0.2) is 0 Å². The molecule has 0 aliphatic heterocycles. The zero-order valence-electron chi connectivity index (χ0n) is 8.10. The van der Waals surface area contributed by atoms with Gasteiger partial charge in [-0.2, -0.15) is 0 Å². The van der Waals surface area contributed by atoms with Crippen LogP contribution in [0.3, 0.4) is 0 Å². The summed E-state index contributed by atoms with van der Waals surface area (Å²) >= 11 is 4.95. The van der Waals surface area contributed by atoms with Crippen molar-refractivity contribution in [3.63, 3.8) is 0 Å². The van der Waals surface area contributed by atoms with Gasteiger partial charge in [0.25, 0.3) is 0 Å². The van der Waals surface area contributed by atoms with E-state index in [1.807, 2.05) is 30.3 Å². The van der Waals surface area contributed by atoms with Crippen LogP contribution in [0.4, 0.5) is 0 Å². The Hall–Kier alpha value is -1.72. The summed E-state index contributed by atoms with van der Waals surface area (Å²) in [5, 5.41) is 2.72. The Morgan fingerprint density at radius 3 is 2.93 bits per heavy atom. The molecule has 0 atom stereocenters. The molecule has 0 spiro atoms. The van der Waals surface area contributed by atoms with Crippen LogP contribution in [0.2, 0.25) is 0 Å². The highest BCUT2D eigenvalue weighted by Crippen LogP contribution is 2.15. The summed E-state index contributed by atoms with van der Waals surface area (Å²) in [6, 6.07) is 9.97. The molecule has 2 aromatic rings. The Morgan fingerprint density at radius 1 is 1.40 bits per heavy atom. The van der Waals surface area contributed by atoms with Gasteiger partial charge in [0.1, 0.15) is 0 Å². The molecule has 0 fully saturated rings. The second-order valence-electron chi connectivity index (χ2n) is 3.22. The number of hydrogen-bond donors (Lipinski definition) is 0. The lowest BCUT2D eigenvalue weighted by Gasteiger charge is -2.03. The van der Waals surface area contributed by atoms with Crippen molar-refractivity contribution in [2.24, 2.45) is 0 Å². The lowest BCUT2D eigenvalue weighted by molar-refractivity contribution is 1.17. The molecule has 0 radical (unpaired) electrons. The number of terminal acetylenes is 1. The van der Waals surface area contributed by atoms with Gasteiger partial charge in [0.15, 0.2) is 0 Å². The number of rotatable bonds is 2. The SMILES string of the molecule is C#CCc1nc2ccccc2cc1C=S. The van der Waals surface area contributed by atoms with Crippen LogP contribution in [0.5, 0.6) is 0 Å². The van der Waals surface area contributed by atoms with E-state index in [0.717, 1.165) is 22.2 Å². The summed E-state index contributed by atoms with van der Waals surface area (Å²) in [6.45, 7) is 0. The molecule has 1 aromatic carbocycles. The smallest absolute Gasteiger partial charge is 0.0706 e. The van der Waals surface area contributed by atoms with Crippen molar-refractivity contribution in [2.45, 2.75) is 6.42 Å². The van der Waals surface area contributed by atoms with Gasteiger partial charge in [0.2, 0.25) is 0 Å². The first-order valence-electron chi connectivity index (χ1n) is 4.62. The van der Waals surface area contributed by atoms with Gasteiger partial charge < -0.3 is 0 Å². The number of nitrogens with zero attached hydrogens (tertiary/aromatic N) is 1. The number of pyridine rings is 1. The maximum atomic E-state index is 5.29. The van der Waals surface area contributed by atoms with Gasteiger partial charge in [-0.3, -0.25) is 4.98 Å². The van der Waals surface area contributed by atoms with Crippen LogP contribution in [-0.2, 0) is 6.42 Å². The van der Waals surface area contributed by atoms with E-state index >= 15 is 0 Å². The predicted molar refractivity (Wildman–Crippen MR) is 67.0 cm³/mol. The number of aromatic nitrogens is 1. The standard InChI is InChI=1S/C13H9NS/c1-2-5-12-11(9-15)8-10-6-3-4-7-13(10)14-12/h1,3-4,6-9H,5H2. The molecule has 0 amide bonds. The molecule has 1 aromatic heterocycles. The molecular formula is C13H9NS. The van der Waals surface area contributed by atoms with Crippen molar-refractivity contribution in [3.05, 3.63) is 41.6 Å². The molecule has 0 aliphatic carbocycles. The predicted octanol–water partition coefficient (Wildman–Crippen LogP) is 2.76. The van der Waals surface area contributed by atoms with E-state index in [0.29, 0.717) is 6.42 Å². The van der Waals surface area contributed by atoms with Gasteiger partial charge in [-0.1, -0.05) is 30.4 Å². The van der Waals surface area contributed by atoms with Crippen LogP contribution in [0.15, 0.2) is 30.3 Å². The van der Waals surface area contributed by atoms with E-state index in [4.69, 9.17) is 18.6 Å². The van der Waals surface area contributed by atoms with Crippen molar-refractivity contribution in [1.29, 1.82) is 0 Å². The molecule has 15 heavy (non-hydrogen) atoms. The lowest BCUT2D eigenvalue weighted by Crippen LogP contribution is -1.96.